The van der Waals surface area contributed by atoms with Crippen LogP contribution in [0.25, 0.3) is 0 Å². The van der Waals surface area contributed by atoms with Crippen LogP contribution in [-0.2, 0) is 10.0 Å². The van der Waals surface area contributed by atoms with Crippen molar-refractivity contribution >= 4 is 10.0 Å². The van der Waals surface area contributed by atoms with Crippen LogP contribution in [0, 0.1) is 0 Å². The third-order valence-corrected chi connectivity index (χ3v) is 4.38. The van der Waals surface area contributed by atoms with Gasteiger partial charge < -0.3 is 5.11 Å². The molecule has 2 atom stereocenters. The van der Waals surface area contributed by atoms with Crippen LogP contribution in [-0.4, -0.2) is 26.2 Å². The van der Waals surface area contributed by atoms with Gasteiger partial charge in [-0.15, -0.1) is 0 Å². The lowest BCUT2D eigenvalue weighted by molar-refractivity contribution is 0.168. The van der Waals surface area contributed by atoms with Crippen molar-refractivity contribution in [3.8, 4) is 0 Å². The summed E-state index contributed by atoms with van der Waals surface area (Å²) in [5.74, 6) is -0.223. The van der Waals surface area contributed by atoms with Gasteiger partial charge in [-0.25, -0.2) is 13.1 Å². The van der Waals surface area contributed by atoms with Gasteiger partial charge in [-0.1, -0.05) is 32.0 Å². The van der Waals surface area contributed by atoms with Crippen LogP contribution in [0.3, 0.4) is 0 Å². The number of aliphatic hydroxyl groups excluding tert-OH is 1. The van der Waals surface area contributed by atoms with E-state index in [1.807, 2.05) is 6.92 Å². The Kier molecular flexibility index (Phi) is 4.68. The monoisotopic (exact) mass is 257 g/mol. The standard InChI is InChI=1S/C12H19NO3S/c1-4-13-17(15,16)12-8-6-5-7-11(12)9(2)10(3)14/h5-10,13-14H,4H2,1-3H3. The summed E-state index contributed by atoms with van der Waals surface area (Å²) in [4.78, 5) is 0.246. The van der Waals surface area contributed by atoms with Crippen molar-refractivity contribution in [3.63, 3.8) is 0 Å². The maximum absolute atomic E-state index is 12.0. The average Bonchev–Trinajstić information content (AvgIpc) is 2.28. The minimum absolute atomic E-state index is 0.223. The highest BCUT2D eigenvalue weighted by Gasteiger charge is 2.22. The maximum atomic E-state index is 12.0. The van der Waals surface area contributed by atoms with Crippen molar-refractivity contribution < 1.29 is 13.5 Å². The molecule has 0 spiro atoms. The number of hydrogen-bond acceptors (Lipinski definition) is 3. The predicted octanol–water partition coefficient (Wildman–Crippen LogP) is 1.47. The summed E-state index contributed by atoms with van der Waals surface area (Å²) in [5.41, 5.74) is 0.642. The first-order chi connectivity index (χ1) is 7.90. The van der Waals surface area contributed by atoms with Gasteiger partial charge >= 0.3 is 0 Å². The Hall–Kier alpha value is -0.910. The van der Waals surface area contributed by atoms with E-state index in [-0.39, 0.29) is 10.8 Å². The first-order valence-electron chi connectivity index (χ1n) is 5.66. The smallest absolute Gasteiger partial charge is 0.240 e. The third-order valence-electron chi connectivity index (χ3n) is 2.76. The fraction of sp³-hybridized carbons (Fsp3) is 0.500. The van der Waals surface area contributed by atoms with Gasteiger partial charge in [0.1, 0.15) is 0 Å². The van der Waals surface area contributed by atoms with E-state index in [9.17, 15) is 13.5 Å². The van der Waals surface area contributed by atoms with Crippen molar-refractivity contribution in [1.82, 2.24) is 4.72 Å². The summed E-state index contributed by atoms with van der Waals surface area (Å²) in [6.07, 6.45) is -0.590. The quantitative estimate of drug-likeness (QED) is 0.839. The SMILES string of the molecule is CCNS(=O)(=O)c1ccccc1C(C)C(C)O. The molecule has 1 aromatic rings. The number of benzene rings is 1. The van der Waals surface area contributed by atoms with Crippen LogP contribution in [0.2, 0.25) is 0 Å². The Morgan fingerprint density at radius 2 is 1.88 bits per heavy atom. The van der Waals surface area contributed by atoms with Crippen LogP contribution in [0.4, 0.5) is 0 Å². The molecule has 0 aliphatic heterocycles. The molecule has 0 aliphatic carbocycles. The lowest BCUT2D eigenvalue weighted by atomic mass is 9.96. The molecule has 0 saturated heterocycles. The molecule has 0 saturated carbocycles. The molecule has 0 aliphatic rings. The van der Waals surface area contributed by atoms with Crippen LogP contribution in [0.1, 0.15) is 32.3 Å². The van der Waals surface area contributed by atoms with Crippen molar-refractivity contribution in [3.05, 3.63) is 29.8 Å². The van der Waals surface area contributed by atoms with E-state index in [0.717, 1.165) is 0 Å². The van der Waals surface area contributed by atoms with Gasteiger partial charge in [-0.2, -0.15) is 0 Å². The number of nitrogens with one attached hydrogen (secondary N) is 1. The fourth-order valence-corrected chi connectivity index (χ4v) is 2.99. The Balaban J connectivity index is 3.26. The normalized spacial score (nSPS) is 15.5. The van der Waals surface area contributed by atoms with E-state index in [0.29, 0.717) is 12.1 Å². The van der Waals surface area contributed by atoms with E-state index in [1.165, 1.54) is 0 Å². The minimum Gasteiger partial charge on any atom is -0.393 e. The predicted molar refractivity (Wildman–Crippen MR) is 67.4 cm³/mol. The molecule has 0 aromatic heterocycles. The fourth-order valence-electron chi connectivity index (χ4n) is 1.63. The second kappa shape index (κ2) is 5.62. The van der Waals surface area contributed by atoms with Gasteiger partial charge in [0, 0.05) is 12.5 Å². The number of aliphatic hydroxyl groups is 1. The molecule has 0 heterocycles. The van der Waals surface area contributed by atoms with Gasteiger partial charge in [0.05, 0.1) is 11.0 Å². The van der Waals surface area contributed by atoms with Crippen molar-refractivity contribution in [2.45, 2.75) is 37.7 Å². The van der Waals surface area contributed by atoms with Crippen LogP contribution < -0.4 is 4.72 Å². The molecule has 0 amide bonds. The first kappa shape index (κ1) is 14.2. The molecule has 1 aromatic carbocycles. The van der Waals surface area contributed by atoms with E-state index in [4.69, 9.17) is 0 Å². The number of hydrogen-bond donors (Lipinski definition) is 2. The van der Waals surface area contributed by atoms with Crippen molar-refractivity contribution in [2.24, 2.45) is 0 Å². The molecular formula is C12H19NO3S. The molecule has 0 bridgehead atoms. The molecule has 0 fully saturated rings. The summed E-state index contributed by atoms with van der Waals surface area (Å²) in [6, 6.07) is 6.76. The van der Waals surface area contributed by atoms with Crippen molar-refractivity contribution in [1.29, 1.82) is 0 Å². The van der Waals surface area contributed by atoms with Crippen LogP contribution in [0.15, 0.2) is 29.2 Å². The van der Waals surface area contributed by atoms with E-state index >= 15 is 0 Å². The van der Waals surface area contributed by atoms with Gasteiger partial charge in [-0.3, -0.25) is 0 Å². The molecular weight excluding hydrogens is 238 g/mol. The molecule has 2 N–H and O–H groups in total. The first-order valence-corrected chi connectivity index (χ1v) is 7.15. The lowest BCUT2D eigenvalue weighted by Crippen LogP contribution is -2.25. The highest BCUT2D eigenvalue weighted by atomic mass is 32.2. The minimum atomic E-state index is -3.48. The largest absolute Gasteiger partial charge is 0.393 e. The highest BCUT2D eigenvalue weighted by Crippen LogP contribution is 2.26. The molecule has 17 heavy (non-hydrogen) atoms. The zero-order chi connectivity index (χ0) is 13.1. The summed E-state index contributed by atoms with van der Waals surface area (Å²) >= 11 is 0. The second-order valence-electron chi connectivity index (χ2n) is 4.07. The van der Waals surface area contributed by atoms with E-state index in [1.54, 1.807) is 38.1 Å². The molecule has 96 valence electrons. The Bertz CT molecular complexity index is 468. The number of rotatable bonds is 5. The molecule has 4 nitrogen and oxygen atoms in total. The summed E-state index contributed by atoms with van der Waals surface area (Å²) < 4.78 is 26.4. The second-order valence-corrected chi connectivity index (χ2v) is 5.80. The Morgan fingerprint density at radius 1 is 1.29 bits per heavy atom. The van der Waals surface area contributed by atoms with Gasteiger partial charge in [0.15, 0.2) is 0 Å². The van der Waals surface area contributed by atoms with E-state index < -0.39 is 16.1 Å². The zero-order valence-corrected chi connectivity index (χ0v) is 11.2. The van der Waals surface area contributed by atoms with Crippen LogP contribution >= 0.6 is 0 Å². The van der Waals surface area contributed by atoms with Crippen LogP contribution in [0.5, 0.6) is 0 Å². The highest BCUT2D eigenvalue weighted by molar-refractivity contribution is 7.89. The molecule has 0 radical (unpaired) electrons. The third kappa shape index (κ3) is 3.28. The lowest BCUT2D eigenvalue weighted by Gasteiger charge is -2.18. The molecule has 2 unspecified atom stereocenters. The average molecular weight is 257 g/mol. The Morgan fingerprint density at radius 3 is 2.41 bits per heavy atom. The topological polar surface area (TPSA) is 66.4 Å². The zero-order valence-electron chi connectivity index (χ0n) is 10.3. The van der Waals surface area contributed by atoms with Gasteiger partial charge in [0.25, 0.3) is 0 Å². The Labute approximate surface area is 103 Å². The van der Waals surface area contributed by atoms with Crippen molar-refractivity contribution in [2.75, 3.05) is 6.54 Å². The molecule has 5 heteroatoms. The van der Waals surface area contributed by atoms with Gasteiger partial charge in [0.2, 0.25) is 10.0 Å². The summed E-state index contributed by atoms with van der Waals surface area (Å²) in [6.45, 7) is 5.55. The van der Waals surface area contributed by atoms with Gasteiger partial charge in [-0.05, 0) is 18.6 Å². The summed E-state index contributed by atoms with van der Waals surface area (Å²) in [5, 5.41) is 9.58. The maximum Gasteiger partial charge on any atom is 0.240 e. The molecule has 1 rings (SSSR count). The summed E-state index contributed by atoms with van der Waals surface area (Å²) in [7, 11) is -3.48. The number of sulfonamides is 1. The van der Waals surface area contributed by atoms with E-state index in [2.05, 4.69) is 4.72 Å².